The number of aliphatic carboxylic acids is 1. The lowest BCUT2D eigenvalue weighted by molar-refractivity contribution is -0.384. The van der Waals surface area contributed by atoms with E-state index in [1.54, 1.807) is 47.2 Å². The van der Waals surface area contributed by atoms with Gasteiger partial charge in [0.25, 0.3) is 5.69 Å². The van der Waals surface area contributed by atoms with Crippen LogP contribution >= 0.6 is 0 Å². The van der Waals surface area contributed by atoms with E-state index in [2.05, 4.69) is 0 Å². The highest BCUT2D eigenvalue weighted by Gasteiger charge is 2.23. The van der Waals surface area contributed by atoms with Crippen LogP contribution in [0.2, 0.25) is 0 Å². The normalized spacial score (nSPS) is 12.2. The number of rotatable bonds is 4. The van der Waals surface area contributed by atoms with Gasteiger partial charge in [-0.3, -0.25) is 10.1 Å². The summed E-state index contributed by atoms with van der Waals surface area (Å²) in [6.45, 7) is 0. The summed E-state index contributed by atoms with van der Waals surface area (Å²) in [7, 11) is 0. The highest BCUT2D eigenvalue weighted by molar-refractivity contribution is 5.86. The summed E-state index contributed by atoms with van der Waals surface area (Å²) in [6.07, 6.45) is 1.64. The molecule has 3 aromatic rings. The molecule has 6 heteroatoms. The molecule has 0 unspecified atom stereocenters. The molecule has 110 valence electrons. The van der Waals surface area contributed by atoms with Gasteiger partial charge in [-0.05, 0) is 17.7 Å². The van der Waals surface area contributed by atoms with Crippen molar-refractivity contribution in [3.05, 3.63) is 76.5 Å². The number of carboxylic acid groups (broad SMARTS) is 1. The van der Waals surface area contributed by atoms with Crippen molar-refractivity contribution in [1.29, 1.82) is 0 Å². The third kappa shape index (κ3) is 2.31. The quantitative estimate of drug-likeness (QED) is 0.591. The Bertz CT molecular complexity index is 855. The summed E-state index contributed by atoms with van der Waals surface area (Å²) in [5.74, 6) is -0.984. The predicted molar refractivity (Wildman–Crippen MR) is 80.8 cm³/mol. The number of nitro groups is 1. The first kappa shape index (κ1) is 13.8. The minimum Gasteiger partial charge on any atom is -0.479 e. The molecular weight excluding hydrogens is 284 g/mol. The van der Waals surface area contributed by atoms with E-state index < -0.39 is 16.9 Å². The van der Waals surface area contributed by atoms with E-state index in [1.807, 2.05) is 6.07 Å². The van der Waals surface area contributed by atoms with E-state index in [0.717, 1.165) is 0 Å². The highest BCUT2D eigenvalue weighted by atomic mass is 16.6. The van der Waals surface area contributed by atoms with Crippen molar-refractivity contribution in [3.8, 4) is 0 Å². The Morgan fingerprint density at radius 2 is 1.86 bits per heavy atom. The van der Waals surface area contributed by atoms with Crippen LogP contribution in [0, 0.1) is 10.1 Å². The van der Waals surface area contributed by atoms with Crippen LogP contribution in [-0.2, 0) is 4.79 Å². The molecule has 0 amide bonds. The van der Waals surface area contributed by atoms with Gasteiger partial charge in [-0.25, -0.2) is 4.79 Å². The Labute approximate surface area is 125 Å². The monoisotopic (exact) mass is 296 g/mol. The second-order valence-corrected chi connectivity index (χ2v) is 4.87. The fourth-order valence-corrected chi connectivity index (χ4v) is 2.55. The number of non-ortho nitro benzene ring substituents is 1. The van der Waals surface area contributed by atoms with Crippen molar-refractivity contribution in [2.75, 3.05) is 0 Å². The third-order valence-electron chi connectivity index (χ3n) is 3.54. The van der Waals surface area contributed by atoms with E-state index in [4.69, 9.17) is 0 Å². The molecule has 1 heterocycles. The van der Waals surface area contributed by atoms with Gasteiger partial charge in [0.2, 0.25) is 0 Å². The maximum Gasteiger partial charge on any atom is 0.331 e. The lowest BCUT2D eigenvalue weighted by Gasteiger charge is -2.16. The molecule has 1 N–H and O–H groups in total. The van der Waals surface area contributed by atoms with Crippen LogP contribution in [0.3, 0.4) is 0 Å². The molecule has 0 aliphatic carbocycles. The van der Waals surface area contributed by atoms with E-state index >= 15 is 0 Å². The topological polar surface area (TPSA) is 85.4 Å². The van der Waals surface area contributed by atoms with E-state index in [1.165, 1.54) is 12.1 Å². The van der Waals surface area contributed by atoms with Gasteiger partial charge in [-0.2, -0.15) is 0 Å². The first-order valence-corrected chi connectivity index (χ1v) is 6.60. The molecule has 0 radical (unpaired) electrons. The van der Waals surface area contributed by atoms with Gasteiger partial charge in [-0.15, -0.1) is 0 Å². The molecule has 1 aromatic heterocycles. The van der Waals surface area contributed by atoms with Crippen molar-refractivity contribution in [2.24, 2.45) is 0 Å². The number of hydrogen-bond acceptors (Lipinski definition) is 3. The SMILES string of the molecule is O=C(O)[C@H](c1ccccc1)n1ccc2cc([N+](=O)[O-])ccc21. The predicted octanol–water partition coefficient (Wildman–Crippen LogP) is 3.22. The minimum atomic E-state index is -0.984. The van der Waals surface area contributed by atoms with Gasteiger partial charge in [0, 0.05) is 29.2 Å². The Morgan fingerprint density at radius 1 is 1.14 bits per heavy atom. The lowest BCUT2D eigenvalue weighted by atomic mass is 10.1. The Kier molecular flexibility index (Phi) is 3.34. The molecule has 6 nitrogen and oxygen atoms in total. The molecule has 0 aliphatic rings. The smallest absolute Gasteiger partial charge is 0.331 e. The number of nitro benzene ring substituents is 1. The summed E-state index contributed by atoms with van der Waals surface area (Å²) >= 11 is 0. The number of aromatic nitrogens is 1. The van der Waals surface area contributed by atoms with Crippen LogP contribution in [0.15, 0.2) is 60.8 Å². The number of nitrogens with zero attached hydrogens (tertiary/aromatic N) is 2. The average Bonchev–Trinajstić information content (AvgIpc) is 2.91. The van der Waals surface area contributed by atoms with Crippen LogP contribution in [0.4, 0.5) is 5.69 Å². The van der Waals surface area contributed by atoms with Crippen molar-refractivity contribution >= 4 is 22.6 Å². The van der Waals surface area contributed by atoms with Crippen molar-refractivity contribution in [3.63, 3.8) is 0 Å². The van der Waals surface area contributed by atoms with Gasteiger partial charge in [0.1, 0.15) is 0 Å². The van der Waals surface area contributed by atoms with Crippen LogP contribution in [0.1, 0.15) is 11.6 Å². The zero-order chi connectivity index (χ0) is 15.7. The van der Waals surface area contributed by atoms with Gasteiger partial charge in [-0.1, -0.05) is 30.3 Å². The molecule has 0 saturated carbocycles. The molecule has 0 spiro atoms. The van der Waals surface area contributed by atoms with Gasteiger partial charge < -0.3 is 9.67 Å². The number of carbonyl (C=O) groups is 1. The fourth-order valence-electron chi connectivity index (χ4n) is 2.55. The third-order valence-corrected chi connectivity index (χ3v) is 3.54. The number of benzene rings is 2. The number of fused-ring (bicyclic) bond motifs is 1. The molecule has 22 heavy (non-hydrogen) atoms. The number of carboxylic acids is 1. The summed E-state index contributed by atoms with van der Waals surface area (Å²) in [6, 6.07) is 14.1. The maximum absolute atomic E-state index is 11.7. The molecule has 1 atom stereocenters. The first-order chi connectivity index (χ1) is 10.6. The van der Waals surface area contributed by atoms with Gasteiger partial charge in [0.15, 0.2) is 6.04 Å². The molecular formula is C16H12N2O4. The van der Waals surface area contributed by atoms with E-state index in [9.17, 15) is 20.0 Å². The Morgan fingerprint density at radius 3 is 2.50 bits per heavy atom. The second kappa shape index (κ2) is 5.33. The van der Waals surface area contributed by atoms with Gasteiger partial charge >= 0.3 is 5.97 Å². The average molecular weight is 296 g/mol. The van der Waals surface area contributed by atoms with Gasteiger partial charge in [0.05, 0.1) is 4.92 Å². The zero-order valence-corrected chi connectivity index (χ0v) is 11.4. The Hall–Kier alpha value is -3.15. The molecule has 0 fully saturated rings. The molecule has 2 aromatic carbocycles. The molecule has 0 bridgehead atoms. The van der Waals surface area contributed by atoms with E-state index in [-0.39, 0.29) is 5.69 Å². The lowest BCUT2D eigenvalue weighted by Crippen LogP contribution is -2.19. The standard InChI is InChI=1S/C16H12N2O4/c19-16(20)15(11-4-2-1-3-5-11)17-9-8-12-10-13(18(21)22)6-7-14(12)17/h1-10,15H,(H,19,20)/t15-/m0/s1. The highest BCUT2D eigenvalue weighted by Crippen LogP contribution is 2.28. The minimum absolute atomic E-state index is 0.0168. The summed E-state index contributed by atoms with van der Waals surface area (Å²) in [5.41, 5.74) is 1.27. The molecule has 0 aliphatic heterocycles. The van der Waals surface area contributed by atoms with Crippen LogP contribution in [0.5, 0.6) is 0 Å². The van der Waals surface area contributed by atoms with Crippen molar-refractivity contribution in [1.82, 2.24) is 4.57 Å². The first-order valence-electron chi connectivity index (χ1n) is 6.60. The number of hydrogen-bond donors (Lipinski definition) is 1. The van der Waals surface area contributed by atoms with Crippen LogP contribution < -0.4 is 0 Å². The van der Waals surface area contributed by atoms with Crippen LogP contribution in [-0.4, -0.2) is 20.6 Å². The largest absolute Gasteiger partial charge is 0.479 e. The second-order valence-electron chi connectivity index (χ2n) is 4.87. The summed E-state index contributed by atoms with van der Waals surface area (Å²) < 4.78 is 1.61. The van der Waals surface area contributed by atoms with Crippen molar-refractivity contribution in [2.45, 2.75) is 6.04 Å². The summed E-state index contributed by atoms with van der Waals surface area (Å²) in [4.78, 5) is 22.0. The van der Waals surface area contributed by atoms with Crippen LogP contribution in [0.25, 0.3) is 10.9 Å². The maximum atomic E-state index is 11.7. The fraction of sp³-hybridized carbons (Fsp3) is 0.0625. The zero-order valence-electron chi connectivity index (χ0n) is 11.4. The molecule has 0 saturated heterocycles. The molecule has 3 rings (SSSR count). The van der Waals surface area contributed by atoms with Crippen molar-refractivity contribution < 1.29 is 14.8 Å². The van der Waals surface area contributed by atoms with E-state index in [0.29, 0.717) is 16.5 Å². The summed E-state index contributed by atoms with van der Waals surface area (Å²) in [5, 5.41) is 21.0. The Balaban J connectivity index is 2.15.